The number of hydrogen-bond donors (Lipinski definition) is 0. The molecule has 1 aliphatic carbocycles. The van der Waals surface area contributed by atoms with Crippen LogP contribution in [0.5, 0.6) is 5.75 Å². The first-order valence-corrected chi connectivity index (χ1v) is 9.19. The van der Waals surface area contributed by atoms with Gasteiger partial charge in [-0.05, 0) is 61.7 Å². The van der Waals surface area contributed by atoms with E-state index in [1.165, 1.54) is 0 Å². The first-order valence-electron chi connectivity index (χ1n) is 8.39. The number of Topliss-reactive ketones (excluding diaryl/α,β-unsaturated/α-hetero) is 1. The van der Waals surface area contributed by atoms with Crippen LogP contribution >= 0.6 is 15.9 Å². The minimum atomic E-state index is -0.616. The largest absolute Gasteiger partial charge is 0.480 e. The Bertz CT molecular complexity index is 642. The molecule has 5 nitrogen and oxygen atoms in total. The number of carbonyl (C=O) groups is 3. The van der Waals surface area contributed by atoms with Crippen LogP contribution in [0.1, 0.15) is 68.2 Å². The third-order valence-corrected chi connectivity index (χ3v) is 3.86. The first kappa shape index (κ1) is 21.4. The zero-order valence-corrected chi connectivity index (χ0v) is 16.9. The smallest absolute Gasteiger partial charge is 0.344 e. The van der Waals surface area contributed by atoms with Gasteiger partial charge in [0.15, 0.2) is 18.7 Å². The number of rotatable bonds is 6. The minimum absolute atomic E-state index is 0.00594. The summed E-state index contributed by atoms with van der Waals surface area (Å²) in [5.74, 6) is -0.409. The number of benzene rings is 1. The summed E-state index contributed by atoms with van der Waals surface area (Å²) in [6.45, 7) is 8.93. The third kappa shape index (κ3) is 6.27. The molecule has 0 aliphatic heterocycles. The monoisotopic (exact) mass is 412 g/mol. The number of halogens is 1. The van der Waals surface area contributed by atoms with Crippen molar-refractivity contribution in [2.45, 2.75) is 53.1 Å². The van der Waals surface area contributed by atoms with Crippen molar-refractivity contribution < 1.29 is 23.9 Å². The standard InChI is InChI=1S/C17H19BrO5.C2H6/c1-17(2,3)23-14(20)9-22-16-12(8-19)11(6-7-13(16)18)15(21)10-4-5-10;1-2/h6-8,10H,4-5,9H2,1-3H3;1-2H3. The second-order valence-corrected chi connectivity index (χ2v) is 7.32. The van der Waals surface area contributed by atoms with Crippen molar-refractivity contribution in [3.8, 4) is 5.75 Å². The highest BCUT2D eigenvalue weighted by molar-refractivity contribution is 9.10. The summed E-state index contributed by atoms with van der Waals surface area (Å²) in [4.78, 5) is 35.5. The Morgan fingerprint density at radius 2 is 1.84 bits per heavy atom. The van der Waals surface area contributed by atoms with Gasteiger partial charge in [0.25, 0.3) is 0 Å². The second-order valence-electron chi connectivity index (χ2n) is 6.47. The second kappa shape index (κ2) is 9.13. The Hall–Kier alpha value is -1.69. The van der Waals surface area contributed by atoms with E-state index in [0.717, 1.165) is 12.8 Å². The molecule has 6 heteroatoms. The quantitative estimate of drug-likeness (QED) is 0.387. The molecular formula is C19H25BrO5. The van der Waals surface area contributed by atoms with Gasteiger partial charge >= 0.3 is 5.97 Å². The van der Waals surface area contributed by atoms with Gasteiger partial charge in [-0.3, -0.25) is 9.59 Å². The van der Waals surface area contributed by atoms with Gasteiger partial charge in [-0.1, -0.05) is 13.8 Å². The van der Waals surface area contributed by atoms with Crippen LogP contribution in [0.25, 0.3) is 0 Å². The maximum Gasteiger partial charge on any atom is 0.344 e. The lowest BCUT2D eigenvalue weighted by Crippen LogP contribution is -2.27. The number of ether oxygens (including phenoxy) is 2. The van der Waals surface area contributed by atoms with E-state index in [1.807, 2.05) is 13.8 Å². The normalized spacial score (nSPS) is 13.4. The van der Waals surface area contributed by atoms with E-state index in [9.17, 15) is 14.4 Å². The topological polar surface area (TPSA) is 69.7 Å². The van der Waals surface area contributed by atoms with Gasteiger partial charge in [0, 0.05) is 11.5 Å². The molecule has 0 unspecified atom stereocenters. The molecule has 0 N–H and O–H groups in total. The number of hydrogen-bond acceptors (Lipinski definition) is 5. The maximum absolute atomic E-state index is 12.3. The molecule has 0 aromatic heterocycles. The van der Waals surface area contributed by atoms with E-state index >= 15 is 0 Å². The molecule has 0 spiro atoms. The molecular weight excluding hydrogens is 388 g/mol. The van der Waals surface area contributed by atoms with Crippen LogP contribution in [-0.4, -0.2) is 30.2 Å². The molecule has 25 heavy (non-hydrogen) atoms. The average molecular weight is 413 g/mol. The molecule has 0 atom stereocenters. The van der Waals surface area contributed by atoms with Crippen molar-refractivity contribution in [3.63, 3.8) is 0 Å². The maximum atomic E-state index is 12.3. The van der Waals surface area contributed by atoms with Crippen molar-refractivity contribution in [1.29, 1.82) is 0 Å². The molecule has 1 aromatic rings. The van der Waals surface area contributed by atoms with E-state index in [4.69, 9.17) is 9.47 Å². The molecule has 0 bridgehead atoms. The summed E-state index contributed by atoms with van der Waals surface area (Å²) in [6, 6.07) is 3.25. The van der Waals surface area contributed by atoms with Crippen LogP contribution in [0.15, 0.2) is 16.6 Å². The van der Waals surface area contributed by atoms with Gasteiger partial charge in [-0.15, -0.1) is 0 Å². The molecule has 0 heterocycles. The van der Waals surface area contributed by atoms with E-state index in [-0.39, 0.29) is 29.6 Å². The molecule has 138 valence electrons. The number of aldehydes is 1. The Labute approximate surface area is 157 Å². The molecule has 0 radical (unpaired) electrons. The molecule has 2 rings (SSSR count). The van der Waals surface area contributed by atoms with Crippen LogP contribution < -0.4 is 4.74 Å². The molecule has 1 fully saturated rings. The van der Waals surface area contributed by atoms with Gasteiger partial charge in [-0.2, -0.15) is 0 Å². The lowest BCUT2D eigenvalue weighted by molar-refractivity contribution is -0.157. The Balaban J connectivity index is 0.00000151. The van der Waals surface area contributed by atoms with Crippen molar-refractivity contribution in [3.05, 3.63) is 27.7 Å². The van der Waals surface area contributed by atoms with E-state index in [2.05, 4.69) is 15.9 Å². The summed E-state index contributed by atoms with van der Waals surface area (Å²) in [7, 11) is 0. The van der Waals surface area contributed by atoms with E-state index in [1.54, 1.807) is 32.9 Å². The first-order chi connectivity index (χ1) is 11.7. The highest BCUT2D eigenvalue weighted by atomic mass is 79.9. The van der Waals surface area contributed by atoms with Crippen molar-refractivity contribution in [2.75, 3.05) is 6.61 Å². The van der Waals surface area contributed by atoms with Gasteiger partial charge < -0.3 is 9.47 Å². The van der Waals surface area contributed by atoms with Gasteiger partial charge in [0.1, 0.15) is 11.4 Å². The average Bonchev–Trinajstić information content (AvgIpc) is 3.37. The molecule has 0 saturated heterocycles. The van der Waals surface area contributed by atoms with Gasteiger partial charge in [0.05, 0.1) is 10.0 Å². The predicted molar refractivity (Wildman–Crippen MR) is 99.3 cm³/mol. The Kier molecular flexibility index (Phi) is 7.80. The van der Waals surface area contributed by atoms with E-state index < -0.39 is 11.6 Å². The Morgan fingerprint density at radius 3 is 2.32 bits per heavy atom. The van der Waals surface area contributed by atoms with Crippen LogP contribution in [0.3, 0.4) is 0 Å². The fourth-order valence-electron chi connectivity index (χ4n) is 2.12. The SMILES string of the molecule is CC.CC(C)(C)OC(=O)COc1c(Br)ccc(C(=O)C2CC2)c1C=O. The van der Waals surface area contributed by atoms with Crippen LogP contribution in [0.2, 0.25) is 0 Å². The van der Waals surface area contributed by atoms with Crippen LogP contribution in [0, 0.1) is 5.92 Å². The van der Waals surface area contributed by atoms with Crippen molar-refractivity contribution in [2.24, 2.45) is 5.92 Å². The van der Waals surface area contributed by atoms with Crippen molar-refractivity contribution in [1.82, 2.24) is 0 Å². The predicted octanol–water partition coefficient (Wildman–Crippen LogP) is 4.60. The third-order valence-electron chi connectivity index (χ3n) is 3.23. The number of esters is 1. The van der Waals surface area contributed by atoms with Crippen LogP contribution in [-0.2, 0) is 9.53 Å². The fourth-order valence-corrected chi connectivity index (χ4v) is 2.58. The highest BCUT2D eigenvalue weighted by Gasteiger charge is 2.33. The molecule has 1 aromatic carbocycles. The summed E-state index contributed by atoms with van der Waals surface area (Å²) < 4.78 is 11.1. The van der Waals surface area contributed by atoms with E-state index in [0.29, 0.717) is 16.3 Å². The lowest BCUT2D eigenvalue weighted by Gasteiger charge is -2.20. The zero-order chi connectivity index (χ0) is 19.2. The summed E-state index contributed by atoms with van der Waals surface area (Å²) in [6.07, 6.45) is 2.29. The number of ketones is 1. The zero-order valence-electron chi connectivity index (χ0n) is 15.3. The molecule has 1 aliphatic rings. The molecule has 0 amide bonds. The van der Waals surface area contributed by atoms with Gasteiger partial charge in [-0.25, -0.2) is 4.79 Å². The summed E-state index contributed by atoms with van der Waals surface area (Å²) >= 11 is 3.29. The summed E-state index contributed by atoms with van der Waals surface area (Å²) in [5.41, 5.74) is -0.112. The number of carbonyl (C=O) groups excluding carboxylic acids is 3. The minimum Gasteiger partial charge on any atom is -0.480 e. The lowest BCUT2D eigenvalue weighted by atomic mass is 10.0. The van der Waals surface area contributed by atoms with Gasteiger partial charge in [0.2, 0.25) is 0 Å². The Morgan fingerprint density at radius 1 is 1.24 bits per heavy atom. The van der Waals surface area contributed by atoms with Crippen molar-refractivity contribution >= 4 is 34.0 Å². The van der Waals surface area contributed by atoms with Crippen LogP contribution in [0.4, 0.5) is 0 Å². The molecule has 1 saturated carbocycles. The highest BCUT2D eigenvalue weighted by Crippen LogP contribution is 2.37. The fraction of sp³-hybridized carbons (Fsp3) is 0.526. The summed E-state index contributed by atoms with van der Waals surface area (Å²) in [5, 5.41) is 0.